The van der Waals surface area contributed by atoms with E-state index in [1.807, 2.05) is 0 Å². The zero-order valence-corrected chi connectivity index (χ0v) is 11.4. The summed E-state index contributed by atoms with van der Waals surface area (Å²) in [5.41, 5.74) is 0.805. The van der Waals surface area contributed by atoms with Crippen molar-refractivity contribution in [1.29, 1.82) is 0 Å². The molecule has 1 amide bonds. The normalized spacial score (nSPS) is 9.86. The lowest BCUT2D eigenvalue weighted by Crippen LogP contribution is -2.13. The maximum Gasteiger partial charge on any atom is 0.276 e. The molecule has 2 rings (SSSR count). The second-order valence-electron chi connectivity index (χ2n) is 4.30. The van der Waals surface area contributed by atoms with Crippen LogP contribution >= 0.6 is 0 Å². The predicted molar refractivity (Wildman–Crippen MR) is 76.1 cm³/mol. The van der Waals surface area contributed by atoms with Crippen LogP contribution in [0.1, 0.15) is 22.5 Å². The minimum absolute atomic E-state index is 0.0627. The van der Waals surface area contributed by atoms with Gasteiger partial charge >= 0.3 is 0 Å². The number of nitrogens with zero attached hydrogens (tertiary/aromatic N) is 2. The number of aliphatic hydroxyl groups is 1. The fourth-order valence-electron chi connectivity index (χ4n) is 1.64. The van der Waals surface area contributed by atoms with E-state index in [0.717, 1.165) is 0 Å². The van der Waals surface area contributed by atoms with Gasteiger partial charge in [-0.05, 0) is 24.3 Å². The predicted octanol–water partition coefficient (Wildman–Crippen LogP) is 1.55. The van der Waals surface area contributed by atoms with Crippen LogP contribution in [-0.2, 0) is 7.05 Å². The Bertz CT molecular complexity index is 713. The average molecular weight is 287 g/mol. The summed E-state index contributed by atoms with van der Waals surface area (Å²) in [7, 11) is 1.70. The summed E-state index contributed by atoms with van der Waals surface area (Å²) in [5.74, 6) is 4.32. The molecular formula is C15H14FN3O2. The third-order valence-corrected chi connectivity index (χ3v) is 2.63. The van der Waals surface area contributed by atoms with Gasteiger partial charge in [-0.2, -0.15) is 5.10 Å². The molecule has 2 aromatic rings. The molecule has 21 heavy (non-hydrogen) atoms. The fraction of sp³-hybridized carbons (Fsp3) is 0.200. The van der Waals surface area contributed by atoms with Crippen molar-refractivity contribution in [2.75, 3.05) is 11.9 Å². The lowest BCUT2D eigenvalue weighted by Gasteiger charge is -2.04. The van der Waals surface area contributed by atoms with Gasteiger partial charge in [0.05, 0.1) is 12.2 Å². The van der Waals surface area contributed by atoms with Gasteiger partial charge in [-0.15, -0.1) is 0 Å². The number of nitrogens with one attached hydrogen (secondary N) is 1. The van der Waals surface area contributed by atoms with Crippen molar-refractivity contribution < 1.29 is 14.3 Å². The van der Waals surface area contributed by atoms with Crippen LogP contribution in [0.3, 0.4) is 0 Å². The minimum Gasteiger partial charge on any atom is -0.395 e. The highest BCUT2D eigenvalue weighted by Crippen LogP contribution is 2.14. The number of aromatic nitrogens is 2. The molecule has 108 valence electrons. The fourth-order valence-corrected chi connectivity index (χ4v) is 1.64. The first-order valence-corrected chi connectivity index (χ1v) is 6.30. The smallest absolute Gasteiger partial charge is 0.276 e. The molecule has 0 unspecified atom stereocenters. The van der Waals surface area contributed by atoms with E-state index < -0.39 is 11.7 Å². The molecule has 6 heteroatoms. The molecule has 0 saturated heterocycles. The van der Waals surface area contributed by atoms with Gasteiger partial charge in [0, 0.05) is 25.4 Å². The molecule has 0 fully saturated rings. The maximum absolute atomic E-state index is 13.8. The molecule has 2 N–H and O–H groups in total. The van der Waals surface area contributed by atoms with E-state index in [1.165, 1.54) is 16.8 Å². The summed E-state index contributed by atoms with van der Waals surface area (Å²) < 4.78 is 15.3. The summed E-state index contributed by atoms with van der Waals surface area (Å²) in [6.45, 7) is -0.0627. The van der Waals surface area contributed by atoms with Gasteiger partial charge in [-0.3, -0.25) is 9.48 Å². The van der Waals surface area contributed by atoms with Crippen molar-refractivity contribution in [1.82, 2.24) is 9.78 Å². The Kier molecular flexibility index (Phi) is 4.69. The quantitative estimate of drug-likeness (QED) is 0.842. The standard InChI is InChI=1S/C15H14FN3O2/c1-19-8-7-14(18-19)15(21)17-12-6-5-11(13(16)10-12)4-2-3-9-20/h5-8,10,20H,3,9H2,1H3,(H,17,21). The molecule has 0 atom stereocenters. The van der Waals surface area contributed by atoms with Gasteiger partial charge in [0.15, 0.2) is 5.69 Å². The monoisotopic (exact) mass is 287 g/mol. The Morgan fingerprint density at radius 3 is 2.90 bits per heavy atom. The van der Waals surface area contributed by atoms with Crippen molar-refractivity contribution in [3.63, 3.8) is 0 Å². The first-order valence-electron chi connectivity index (χ1n) is 6.30. The molecular weight excluding hydrogens is 273 g/mol. The third-order valence-electron chi connectivity index (χ3n) is 2.63. The number of benzene rings is 1. The van der Waals surface area contributed by atoms with Gasteiger partial charge in [0.1, 0.15) is 5.82 Å². The summed E-state index contributed by atoms with van der Waals surface area (Å²) in [5, 5.41) is 15.1. The van der Waals surface area contributed by atoms with Crippen molar-refractivity contribution in [2.45, 2.75) is 6.42 Å². The number of anilines is 1. The van der Waals surface area contributed by atoms with Crippen LogP contribution in [0.15, 0.2) is 30.5 Å². The first-order chi connectivity index (χ1) is 10.1. The van der Waals surface area contributed by atoms with Crippen LogP contribution in [0, 0.1) is 17.7 Å². The number of aliphatic hydroxyl groups excluding tert-OH is 1. The Morgan fingerprint density at radius 2 is 2.29 bits per heavy atom. The largest absolute Gasteiger partial charge is 0.395 e. The third kappa shape index (κ3) is 3.91. The number of carbonyl (C=O) groups is 1. The second-order valence-corrected chi connectivity index (χ2v) is 4.30. The number of halogens is 1. The molecule has 0 radical (unpaired) electrons. The molecule has 0 aliphatic heterocycles. The molecule has 0 spiro atoms. The van der Waals surface area contributed by atoms with Crippen molar-refractivity contribution in [3.8, 4) is 11.8 Å². The van der Waals surface area contributed by atoms with Crippen LogP contribution in [0.25, 0.3) is 0 Å². The van der Waals surface area contributed by atoms with E-state index in [2.05, 4.69) is 22.3 Å². The number of hydrogen-bond donors (Lipinski definition) is 2. The number of rotatable bonds is 3. The van der Waals surface area contributed by atoms with Gasteiger partial charge in [0.2, 0.25) is 0 Å². The number of amides is 1. The lowest BCUT2D eigenvalue weighted by molar-refractivity contribution is 0.102. The highest BCUT2D eigenvalue weighted by Gasteiger charge is 2.10. The Balaban J connectivity index is 2.10. The van der Waals surface area contributed by atoms with E-state index in [-0.39, 0.29) is 24.3 Å². The zero-order valence-electron chi connectivity index (χ0n) is 11.4. The average Bonchev–Trinajstić information content (AvgIpc) is 2.88. The lowest BCUT2D eigenvalue weighted by atomic mass is 10.2. The van der Waals surface area contributed by atoms with Gasteiger partial charge in [-0.1, -0.05) is 11.8 Å². The van der Waals surface area contributed by atoms with Crippen LogP contribution in [0.4, 0.5) is 10.1 Å². The summed E-state index contributed by atoms with van der Waals surface area (Å²) >= 11 is 0. The Hall–Kier alpha value is -2.65. The topological polar surface area (TPSA) is 67.2 Å². The van der Waals surface area contributed by atoms with Crippen LogP contribution < -0.4 is 5.32 Å². The summed E-state index contributed by atoms with van der Waals surface area (Å²) in [6, 6.07) is 5.81. The highest BCUT2D eigenvalue weighted by molar-refractivity contribution is 6.02. The molecule has 1 heterocycles. The van der Waals surface area contributed by atoms with Crippen LogP contribution in [0.2, 0.25) is 0 Å². The van der Waals surface area contributed by atoms with Crippen molar-refractivity contribution in [2.24, 2.45) is 7.05 Å². The molecule has 0 aliphatic rings. The molecule has 0 saturated carbocycles. The Labute approximate surface area is 121 Å². The molecule has 5 nitrogen and oxygen atoms in total. The summed E-state index contributed by atoms with van der Waals surface area (Å²) in [6.07, 6.45) is 1.94. The Morgan fingerprint density at radius 1 is 1.48 bits per heavy atom. The van der Waals surface area contributed by atoms with Gasteiger partial charge < -0.3 is 10.4 Å². The van der Waals surface area contributed by atoms with E-state index >= 15 is 0 Å². The number of hydrogen-bond acceptors (Lipinski definition) is 3. The minimum atomic E-state index is -0.528. The number of aryl methyl sites for hydroxylation is 1. The molecule has 0 aliphatic carbocycles. The van der Waals surface area contributed by atoms with E-state index in [9.17, 15) is 9.18 Å². The zero-order chi connectivity index (χ0) is 15.2. The van der Waals surface area contributed by atoms with Crippen LogP contribution in [0.5, 0.6) is 0 Å². The molecule has 0 bridgehead atoms. The van der Waals surface area contributed by atoms with E-state index in [1.54, 1.807) is 25.4 Å². The molecule has 1 aromatic carbocycles. The van der Waals surface area contributed by atoms with Crippen molar-refractivity contribution >= 4 is 11.6 Å². The van der Waals surface area contributed by atoms with Crippen molar-refractivity contribution in [3.05, 3.63) is 47.5 Å². The second kappa shape index (κ2) is 6.68. The van der Waals surface area contributed by atoms with Crippen LogP contribution in [-0.4, -0.2) is 27.4 Å². The van der Waals surface area contributed by atoms with E-state index in [0.29, 0.717) is 5.69 Å². The van der Waals surface area contributed by atoms with Gasteiger partial charge in [0.25, 0.3) is 5.91 Å². The van der Waals surface area contributed by atoms with Gasteiger partial charge in [-0.25, -0.2) is 4.39 Å². The maximum atomic E-state index is 13.8. The highest BCUT2D eigenvalue weighted by atomic mass is 19.1. The first kappa shape index (κ1) is 14.8. The summed E-state index contributed by atoms with van der Waals surface area (Å²) in [4.78, 5) is 11.9. The van der Waals surface area contributed by atoms with E-state index in [4.69, 9.17) is 5.11 Å². The SMILES string of the molecule is Cn1ccc(C(=O)Nc2ccc(C#CCCO)c(F)c2)n1. The molecule has 1 aromatic heterocycles. The number of carbonyl (C=O) groups excluding carboxylic acids is 1.